The molecule has 0 spiro atoms. The van der Waals surface area contributed by atoms with Crippen molar-refractivity contribution >= 4 is 68.7 Å². The molecule has 1 amide bonds. The Morgan fingerprint density at radius 2 is 1.80 bits per heavy atom. The van der Waals surface area contributed by atoms with Crippen LogP contribution in [-0.4, -0.2) is 36.0 Å². The van der Waals surface area contributed by atoms with Gasteiger partial charge in [-0.2, -0.15) is 0 Å². The van der Waals surface area contributed by atoms with E-state index in [2.05, 4.69) is 40.2 Å². The standard InChI is InChI=1S/C34H35N3O4S3/c1-4-41-33(39)30-26-18-17-23(22-11-6-5-7-12-22)19-29(26)44-32(30)37-31(38)21(2)43-25-14-10-13-24(20-25)35-34(42)36-27-15-8-9-16-28(27)40-3/h5-16,20-21,23H,4,17-19H2,1-3H3,(H,37,38)(H2,35,36,42). The molecule has 228 valence electrons. The van der Waals surface area contributed by atoms with Gasteiger partial charge < -0.3 is 25.4 Å². The molecule has 2 unspecified atom stereocenters. The molecule has 10 heteroatoms. The first-order chi connectivity index (χ1) is 21.4. The second-order valence-electron chi connectivity index (χ2n) is 10.3. The first-order valence-electron chi connectivity index (χ1n) is 14.5. The van der Waals surface area contributed by atoms with E-state index in [1.165, 1.54) is 28.7 Å². The van der Waals surface area contributed by atoms with Crippen LogP contribution in [0.4, 0.5) is 16.4 Å². The summed E-state index contributed by atoms with van der Waals surface area (Å²) in [4.78, 5) is 28.5. The number of amides is 1. The second kappa shape index (κ2) is 14.7. The van der Waals surface area contributed by atoms with Crippen LogP contribution in [0.1, 0.15) is 52.5 Å². The van der Waals surface area contributed by atoms with E-state index < -0.39 is 5.25 Å². The van der Waals surface area contributed by atoms with Crippen LogP contribution >= 0.6 is 35.3 Å². The molecule has 0 fully saturated rings. The lowest BCUT2D eigenvalue weighted by Gasteiger charge is -2.23. The Bertz CT molecular complexity index is 1640. The minimum Gasteiger partial charge on any atom is -0.495 e. The summed E-state index contributed by atoms with van der Waals surface area (Å²) in [5.74, 6) is 0.518. The van der Waals surface area contributed by atoms with E-state index in [-0.39, 0.29) is 18.5 Å². The maximum atomic E-state index is 13.4. The van der Waals surface area contributed by atoms with Gasteiger partial charge in [-0.15, -0.1) is 23.1 Å². The Morgan fingerprint density at radius 3 is 2.57 bits per heavy atom. The maximum absolute atomic E-state index is 13.4. The van der Waals surface area contributed by atoms with E-state index in [9.17, 15) is 9.59 Å². The molecule has 0 radical (unpaired) electrons. The lowest BCUT2D eigenvalue weighted by atomic mass is 9.83. The summed E-state index contributed by atoms with van der Waals surface area (Å²) in [7, 11) is 1.61. The Labute approximate surface area is 271 Å². The Hall–Kier alpha value is -3.86. The second-order valence-corrected chi connectivity index (χ2v) is 13.3. The highest BCUT2D eigenvalue weighted by atomic mass is 32.2. The third-order valence-corrected chi connectivity index (χ3v) is 9.85. The molecule has 0 bridgehead atoms. The van der Waals surface area contributed by atoms with Gasteiger partial charge in [-0.25, -0.2) is 4.79 Å². The molecule has 1 aliphatic rings. The van der Waals surface area contributed by atoms with Crippen LogP contribution in [0.5, 0.6) is 5.75 Å². The largest absolute Gasteiger partial charge is 0.495 e. The van der Waals surface area contributed by atoms with E-state index in [4.69, 9.17) is 21.7 Å². The molecule has 1 heterocycles. The summed E-state index contributed by atoms with van der Waals surface area (Å²) >= 11 is 8.44. The van der Waals surface area contributed by atoms with Gasteiger partial charge in [0.05, 0.1) is 30.2 Å². The van der Waals surface area contributed by atoms with E-state index in [1.54, 1.807) is 14.0 Å². The fourth-order valence-corrected chi connectivity index (χ4v) is 7.73. The van der Waals surface area contributed by atoms with E-state index in [0.717, 1.165) is 46.0 Å². The minimum atomic E-state index is -0.421. The number of esters is 1. The molecule has 0 saturated heterocycles. The molecule has 3 aromatic carbocycles. The summed E-state index contributed by atoms with van der Waals surface area (Å²) in [6.45, 7) is 3.93. The summed E-state index contributed by atoms with van der Waals surface area (Å²) < 4.78 is 10.8. The van der Waals surface area contributed by atoms with Gasteiger partial charge in [-0.05, 0) is 92.7 Å². The average Bonchev–Trinajstić information content (AvgIpc) is 3.39. The van der Waals surface area contributed by atoms with Gasteiger partial charge in [-0.3, -0.25) is 4.79 Å². The molecule has 5 rings (SSSR count). The SMILES string of the molecule is CCOC(=O)c1c(NC(=O)C(C)Sc2cccc(NC(=S)Nc3ccccc3OC)c2)sc2c1CCC(c1ccccc1)C2. The number of hydrogen-bond acceptors (Lipinski definition) is 7. The van der Waals surface area contributed by atoms with Crippen molar-refractivity contribution in [1.82, 2.24) is 0 Å². The van der Waals surface area contributed by atoms with Crippen molar-refractivity contribution < 1.29 is 19.1 Å². The van der Waals surface area contributed by atoms with Crippen LogP contribution in [0.2, 0.25) is 0 Å². The lowest BCUT2D eigenvalue weighted by molar-refractivity contribution is -0.115. The van der Waals surface area contributed by atoms with Crippen LogP contribution in [0, 0.1) is 0 Å². The van der Waals surface area contributed by atoms with Gasteiger partial charge in [0.1, 0.15) is 10.8 Å². The number of thiocarbonyl (C=S) groups is 1. The molecule has 0 saturated carbocycles. The molecule has 2 atom stereocenters. The number of carbonyl (C=O) groups is 2. The first kappa shape index (κ1) is 31.6. The van der Waals surface area contributed by atoms with Crippen LogP contribution < -0.4 is 20.7 Å². The molecule has 7 nitrogen and oxygen atoms in total. The highest BCUT2D eigenvalue weighted by molar-refractivity contribution is 8.00. The first-order valence-corrected chi connectivity index (χ1v) is 16.6. The summed E-state index contributed by atoms with van der Waals surface area (Å²) in [5, 5.41) is 10.00. The van der Waals surface area contributed by atoms with Crippen molar-refractivity contribution in [2.75, 3.05) is 29.7 Å². The smallest absolute Gasteiger partial charge is 0.341 e. The molecule has 0 aliphatic heterocycles. The monoisotopic (exact) mass is 645 g/mol. The maximum Gasteiger partial charge on any atom is 0.341 e. The van der Waals surface area contributed by atoms with Crippen molar-refractivity contribution in [2.24, 2.45) is 0 Å². The Morgan fingerprint density at radius 1 is 1.02 bits per heavy atom. The number of ether oxygens (including phenoxy) is 2. The van der Waals surface area contributed by atoms with Crippen LogP contribution in [0.3, 0.4) is 0 Å². The zero-order valence-electron chi connectivity index (χ0n) is 24.8. The van der Waals surface area contributed by atoms with Gasteiger partial charge in [-0.1, -0.05) is 48.5 Å². The molecule has 44 heavy (non-hydrogen) atoms. The number of hydrogen-bond donors (Lipinski definition) is 3. The number of nitrogens with one attached hydrogen (secondary N) is 3. The number of thiophene rings is 1. The van der Waals surface area contributed by atoms with E-state index in [1.807, 2.05) is 61.5 Å². The van der Waals surface area contributed by atoms with Crippen LogP contribution in [0.25, 0.3) is 0 Å². The number of benzene rings is 3. The quantitative estimate of drug-likeness (QED) is 0.0905. The number of methoxy groups -OCH3 is 1. The van der Waals surface area contributed by atoms with Crippen molar-refractivity contribution in [1.29, 1.82) is 0 Å². The van der Waals surface area contributed by atoms with Gasteiger partial charge in [0, 0.05) is 15.5 Å². The zero-order chi connectivity index (χ0) is 31.1. The Balaban J connectivity index is 1.26. The molecule has 1 aromatic heterocycles. The van der Waals surface area contributed by atoms with Gasteiger partial charge in [0.15, 0.2) is 5.11 Å². The number of carbonyl (C=O) groups excluding carboxylic acids is 2. The average molecular weight is 646 g/mol. The topological polar surface area (TPSA) is 88.7 Å². The summed E-state index contributed by atoms with van der Waals surface area (Å²) in [6, 6.07) is 25.7. The van der Waals surface area contributed by atoms with Gasteiger partial charge in [0.2, 0.25) is 5.91 Å². The highest BCUT2D eigenvalue weighted by Gasteiger charge is 2.31. The van der Waals surface area contributed by atoms with E-state index in [0.29, 0.717) is 27.3 Å². The van der Waals surface area contributed by atoms with Crippen molar-refractivity contribution in [3.63, 3.8) is 0 Å². The third-order valence-electron chi connectivity index (χ3n) is 7.38. The third kappa shape index (κ3) is 7.61. The summed E-state index contributed by atoms with van der Waals surface area (Å²) in [6.07, 6.45) is 2.56. The Kier molecular flexibility index (Phi) is 10.6. The fraction of sp³-hybridized carbons (Fsp3) is 0.265. The predicted octanol–water partition coefficient (Wildman–Crippen LogP) is 8.13. The van der Waals surface area contributed by atoms with Gasteiger partial charge in [0.25, 0.3) is 0 Å². The minimum absolute atomic E-state index is 0.175. The number of para-hydroxylation sites is 2. The molecule has 1 aliphatic carbocycles. The van der Waals surface area contributed by atoms with Crippen molar-refractivity contribution in [3.05, 3.63) is 100 Å². The van der Waals surface area contributed by atoms with Crippen LogP contribution in [-0.2, 0) is 22.4 Å². The highest BCUT2D eigenvalue weighted by Crippen LogP contribution is 2.43. The number of thioether (sulfide) groups is 1. The molecular formula is C34H35N3O4S3. The van der Waals surface area contributed by atoms with Gasteiger partial charge >= 0.3 is 5.97 Å². The summed E-state index contributed by atoms with van der Waals surface area (Å²) in [5.41, 5.74) is 4.36. The lowest BCUT2D eigenvalue weighted by Crippen LogP contribution is -2.23. The predicted molar refractivity (Wildman–Crippen MR) is 185 cm³/mol. The number of rotatable bonds is 10. The van der Waals surface area contributed by atoms with Crippen molar-refractivity contribution in [3.8, 4) is 5.75 Å². The molecule has 4 aromatic rings. The number of fused-ring (bicyclic) bond motifs is 1. The normalized spacial score (nSPS) is 14.6. The molecule has 3 N–H and O–H groups in total. The van der Waals surface area contributed by atoms with Crippen molar-refractivity contribution in [2.45, 2.75) is 49.2 Å². The number of anilines is 3. The van der Waals surface area contributed by atoms with E-state index >= 15 is 0 Å². The zero-order valence-corrected chi connectivity index (χ0v) is 27.3. The molecular weight excluding hydrogens is 611 g/mol. The fourth-order valence-electron chi connectivity index (χ4n) is 5.25. The van der Waals surface area contributed by atoms with Crippen LogP contribution in [0.15, 0.2) is 83.8 Å².